The van der Waals surface area contributed by atoms with Crippen LogP contribution in [0.15, 0.2) is 170 Å². The molecule has 221 valence electrons. The summed E-state index contributed by atoms with van der Waals surface area (Å²) in [6.45, 7) is 0. The van der Waals surface area contributed by atoms with E-state index in [1.54, 1.807) is 0 Å². The molecule has 8 rings (SSSR count). The standard InChI is InChI=1S/C43H28N3Se/c47-40-37(24-13-25-38(40)43-45-41(30-16-6-2-7-17-30)44-42(46-43)31-18-8-3-9-19-31)34-22-12-21-32(26-34)35-27-33-20-10-11-23-36(33)39(28-35)29-14-4-1-5-15-29/h1-28H. The van der Waals surface area contributed by atoms with Crippen LogP contribution in [0.5, 0.6) is 0 Å². The zero-order chi connectivity index (χ0) is 31.6. The van der Waals surface area contributed by atoms with Gasteiger partial charge in [-0.1, -0.05) is 0 Å². The Morgan fingerprint density at radius 3 is 1.51 bits per heavy atom. The van der Waals surface area contributed by atoms with Crippen LogP contribution >= 0.6 is 0 Å². The molecule has 1 heterocycles. The Morgan fingerprint density at radius 2 is 0.830 bits per heavy atom. The van der Waals surface area contributed by atoms with Crippen molar-refractivity contribution in [3.8, 4) is 67.5 Å². The fraction of sp³-hybridized carbons (Fsp3) is 0. The summed E-state index contributed by atoms with van der Waals surface area (Å²) in [6.07, 6.45) is 0. The van der Waals surface area contributed by atoms with Crippen LogP contribution < -0.4 is 4.46 Å². The van der Waals surface area contributed by atoms with Crippen molar-refractivity contribution in [1.29, 1.82) is 0 Å². The molecule has 0 N–H and O–H groups in total. The number of hydrogen-bond acceptors (Lipinski definition) is 3. The van der Waals surface area contributed by atoms with Gasteiger partial charge in [-0.15, -0.1) is 0 Å². The topological polar surface area (TPSA) is 38.7 Å². The van der Waals surface area contributed by atoms with Crippen molar-refractivity contribution in [2.24, 2.45) is 0 Å². The molecule has 0 amide bonds. The van der Waals surface area contributed by atoms with Crippen LogP contribution in [0.3, 0.4) is 0 Å². The van der Waals surface area contributed by atoms with E-state index >= 15 is 0 Å². The maximum absolute atomic E-state index is 4.99. The molecule has 0 saturated heterocycles. The summed E-state index contributed by atoms with van der Waals surface area (Å²) in [5.74, 6) is 1.92. The van der Waals surface area contributed by atoms with Gasteiger partial charge in [0.15, 0.2) is 0 Å². The van der Waals surface area contributed by atoms with Crippen molar-refractivity contribution in [2.75, 3.05) is 0 Å². The van der Waals surface area contributed by atoms with Crippen LogP contribution in [-0.4, -0.2) is 31.0 Å². The predicted molar refractivity (Wildman–Crippen MR) is 195 cm³/mol. The maximum atomic E-state index is 4.99. The third kappa shape index (κ3) is 5.77. The minimum atomic E-state index is 0.631. The predicted octanol–water partition coefficient (Wildman–Crippen LogP) is 9.82. The third-order valence-electron chi connectivity index (χ3n) is 8.41. The van der Waals surface area contributed by atoms with Gasteiger partial charge in [0, 0.05) is 0 Å². The van der Waals surface area contributed by atoms with Gasteiger partial charge in [0.05, 0.1) is 0 Å². The molecule has 0 atom stereocenters. The Hall–Kier alpha value is -5.67. The van der Waals surface area contributed by atoms with Crippen LogP contribution in [-0.2, 0) is 0 Å². The van der Waals surface area contributed by atoms with Crippen molar-refractivity contribution in [3.05, 3.63) is 170 Å². The van der Waals surface area contributed by atoms with E-state index in [9.17, 15) is 0 Å². The normalized spacial score (nSPS) is 11.1. The molecule has 4 heteroatoms. The molecule has 0 spiro atoms. The summed E-state index contributed by atoms with van der Waals surface area (Å²) in [5, 5.41) is 2.47. The van der Waals surface area contributed by atoms with Crippen LogP contribution in [0, 0.1) is 0 Å². The Kier molecular flexibility index (Phi) is 7.72. The summed E-state index contributed by atoms with van der Waals surface area (Å²) < 4.78 is 0.998. The van der Waals surface area contributed by atoms with Gasteiger partial charge in [-0.25, -0.2) is 0 Å². The second-order valence-electron chi connectivity index (χ2n) is 11.4. The number of nitrogens with zero attached hydrogens (tertiary/aromatic N) is 3. The molecule has 7 aromatic carbocycles. The number of benzene rings is 7. The number of aromatic nitrogens is 3. The average molecular weight is 666 g/mol. The molecule has 0 aliphatic heterocycles. The molecule has 8 aromatic rings. The van der Waals surface area contributed by atoms with E-state index in [4.69, 9.17) is 15.0 Å². The van der Waals surface area contributed by atoms with Gasteiger partial charge in [-0.3, -0.25) is 0 Å². The molecular weight excluding hydrogens is 637 g/mol. The molecule has 0 bridgehead atoms. The van der Waals surface area contributed by atoms with Gasteiger partial charge in [-0.05, 0) is 0 Å². The van der Waals surface area contributed by atoms with Crippen molar-refractivity contribution < 1.29 is 0 Å². The van der Waals surface area contributed by atoms with Gasteiger partial charge < -0.3 is 0 Å². The van der Waals surface area contributed by atoms with E-state index in [1.165, 1.54) is 27.5 Å². The number of hydrogen-bond donors (Lipinski definition) is 0. The van der Waals surface area contributed by atoms with Crippen molar-refractivity contribution in [1.82, 2.24) is 15.0 Å². The van der Waals surface area contributed by atoms with E-state index in [2.05, 4.69) is 125 Å². The Labute approximate surface area is 282 Å². The molecule has 1 aromatic heterocycles. The van der Waals surface area contributed by atoms with E-state index in [1.807, 2.05) is 60.7 Å². The summed E-state index contributed by atoms with van der Waals surface area (Å²) in [6, 6.07) is 59.1. The number of rotatable bonds is 6. The van der Waals surface area contributed by atoms with Gasteiger partial charge in [0.2, 0.25) is 0 Å². The first-order valence-corrected chi connectivity index (χ1v) is 16.4. The third-order valence-corrected chi connectivity index (χ3v) is 9.33. The van der Waals surface area contributed by atoms with Crippen LogP contribution in [0.4, 0.5) is 0 Å². The summed E-state index contributed by atoms with van der Waals surface area (Å²) >= 11 is 3.37. The van der Waals surface area contributed by atoms with E-state index in [0.717, 1.165) is 37.8 Å². The van der Waals surface area contributed by atoms with Crippen LogP contribution in [0.2, 0.25) is 0 Å². The Morgan fingerprint density at radius 1 is 0.319 bits per heavy atom. The summed E-state index contributed by atoms with van der Waals surface area (Å²) in [7, 11) is 0. The van der Waals surface area contributed by atoms with Gasteiger partial charge in [0.25, 0.3) is 0 Å². The van der Waals surface area contributed by atoms with Crippen LogP contribution in [0.1, 0.15) is 0 Å². The molecular formula is C43H28N3Se. The zero-order valence-corrected chi connectivity index (χ0v) is 27.1. The van der Waals surface area contributed by atoms with Gasteiger partial charge >= 0.3 is 284 Å². The van der Waals surface area contributed by atoms with Gasteiger partial charge in [-0.2, -0.15) is 0 Å². The van der Waals surface area contributed by atoms with Crippen molar-refractivity contribution in [3.63, 3.8) is 0 Å². The number of fused-ring (bicyclic) bond motifs is 1. The molecule has 0 aliphatic rings. The van der Waals surface area contributed by atoms with E-state index in [0.29, 0.717) is 17.5 Å². The molecule has 3 nitrogen and oxygen atoms in total. The fourth-order valence-electron chi connectivity index (χ4n) is 6.07. The molecule has 0 fully saturated rings. The van der Waals surface area contributed by atoms with E-state index < -0.39 is 0 Å². The molecule has 1 radical (unpaired) electrons. The molecule has 0 aliphatic carbocycles. The summed E-state index contributed by atoms with van der Waals surface area (Å²) in [5.41, 5.74) is 9.82. The second-order valence-corrected chi connectivity index (χ2v) is 12.3. The SMILES string of the molecule is [Se]c1c(-c2cccc(-c3cc(-c4ccccc4)c4ccccc4c3)c2)cccc1-c1nc(-c2ccccc2)nc(-c2ccccc2)n1. The van der Waals surface area contributed by atoms with E-state index in [-0.39, 0.29) is 0 Å². The van der Waals surface area contributed by atoms with Crippen molar-refractivity contribution >= 4 is 31.2 Å². The summed E-state index contributed by atoms with van der Waals surface area (Å²) in [4.78, 5) is 14.8. The van der Waals surface area contributed by atoms with Crippen molar-refractivity contribution in [2.45, 2.75) is 0 Å². The molecule has 0 unspecified atom stereocenters. The monoisotopic (exact) mass is 666 g/mol. The first-order chi connectivity index (χ1) is 23.2. The Bertz CT molecular complexity index is 2300. The minimum absolute atomic E-state index is 0.631. The zero-order valence-electron chi connectivity index (χ0n) is 25.4. The average Bonchev–Trinajstić information content (AvgIpc) is 3.15. The molecule has 0 saturated carbocycles. The van der Waals surface area contributed by atoms with Gasteiger partial charge in [0.1, 0.15) is 0 Å². The second kappa shape index (κ2) is 12.6. The molecule has 47 heavy (non-hydrogen) atoms. The Balaban J connectivity index is 1.24. The fourth-order valence-corrected chi connectivity index (χ4v) is 6.79. The van der Waals surface area contributed by atoms with Crippen LogP contribution in [0.25, 0.3) is 78.3 Å². The first kappa shape index (κ1) is 28.8. The first-order valence-electron chi connectivity index (χ1n) is 15.6. The quantitative estimate of drug-likeness (QED) is 0.166.